The maximum Gasteiger partial charge on any atom is 0.0583 e. The molecule has 1 atom stereocenters. The minimum Gasteiger partial charge on any atom is -0.393 e. The van der Waals surface area contributed by atoms with E-state index in [1.807, 2.05) is 12.1 Å². The number of aliphatic hydroxyl groups excluding tert-OH is 1. The molecule has 0 spiro atoms. The molecule has 1 aliphatic rings. The van der Waals surface area contributed by atoms with Crippen LogP contribution >= 0.6 is 15.9 Å². The number of hydrogen-bond donors (Lipinski definition) is 1. The molecule has 1 fully saturated rings. The molecule has 1 aromatic carbocycles. The third-order valence-electron chi connectivity index (χ3n) is 3.33. The Morgan fingerprint density at radius 2 is 1.88 bits per heavy atom. The lowest BCUT2D eigenvalue weighted by Crippen LogP contribution is -2.22. The fourth-order valence-electron chi connectivity index (χ4n) is 2.34. The molecule has 0 aliphatic carbocycles. The van der Waals surface area contributed by atoms with Gasteiger partial charge in [-0.15, -0.1) is 0 Å². The van der Waals surface area contributed by atoms with Crippen LogP contribution in [0, 0.1) is 5.92 Å². The van der Waals surface area contributed by atoms with Crippen LogP contribution in [0.15, 0.2) is 28.7 Å². The molecule has 1 aliphatic heterocycles. The molecule has 1 heterocycles. The summed E-state index contributed by atoms with van der Waals surface area (Å²) in [6.07, 6.45) is 3.62. The fraction of sp³-hybridized carbons (Fsp3) is 0.571. The van der Waals surface area contributed by atoms with Crippen LogP contribution in [0.25, 0.3) is 0 Å². The number of ether oxygens (including phenoxy) is 1. The van der Waals surface area contributed by atoms with Crippen molar-refractivity contribution in [2.75, 3.05) is 13.2 Å². The highest BCUT2D eigenvalue weighted by Gasteiger charge is 2.17. The lowest BCUT2D eigenvalue weighted by molar-refractivity contribution is 0.0439. The minimum atomic E-state index is -0.223. The average Bonchev–Trinajstić information content (AvgIpc) is 2.33. The van der Waals surface area contributed by atoms with Crippen molar-refractivity contribution in [1.82, 2.24) is 0 Å². The second kappa shape index (κ2) is 6.53. The Bertz CT molecular complexity index is 331. The van der Waals surface area contributed by atoms with Gasteiger partial charge < -0.3 is 9.84 Å². The largest absolute Gasteiger partial charge is 0.393 e. The van der Waals surface area contributed by atoms with E-state index >= 15 is 0 Å². The molecule has 1 unspecified atom stereocenters. The molecule has 1 aromatic rings. The van der Waals surface area contributed by atoms with Crippen molar-refractivity contribution in [3.8, 4) is 0 Å². The van der Waals surface area contributed by atoms with Crippen molar-refractivity contribution in [3.05, 3.63) is 34.3 Å². The lowest BCUT2D eigenvalue weighted by atomic mass is 9.91. The molecule has 0 bridgehead atoms. The average molecular weight is 299 g/mol. The van der Waals surface area contributed by atoms with E-state index in [0.29, 0.717) is 5.92 Å². The Kier molecular flexibility index (Phi) is 5.01. The number of rotatable bonds is 4. The van der Waals surface area contributed by atoms with Crippen LogP contribution < -0.4 is 0 Å². The minimum absolute atomic E-state index is 0.223. The maximum absolute atomic E-state index is 10.1. The third-order valence-corrected chi connectivity index (χ3v) is 3.86. The molecular formula is C14H19BrO2. The van der Waals surface area contributed by atoms with E-state index in [9.17, 15) is 5.11 Å². The second-order valence-electron chi connectivity index (χ2n) is 4.78. The summed E-state index contributed by atoms with van der Waals surface area (Å²) in [5.41, 5.74) is 1.20. The first kappa shape index (κ1) is 13.1. The molecule has 0 amide bonds. The molecule has 3 heteroatoms. The summed E-state index contributed by atoms with van der Waals surface area (Å²) in [6, 6.07) is 8.18. The first-order valence-electron chi connectivity index (χ1n) is 6.24. The van der Waals surface area contributed by atoms with Crippen molar-refractivity contribution < 1.29 is 9.84 Å². The van der Waals surface area contributed by atoms with Gasteiger partial charge >= 0.3 is 0 Å². The predicted molar refractivity (Wildman–Crippen MR) is 72.0 cm³/mol. The molecule has 94 valence electrons. The van der Waals surface area contributed by atoms with Gasteiger partial charge in [0.1, 0.15) is 0 Å². The van der Waals surface area contributed by atoms with E-state index in [-0.39, 0.29) is 6.10 Å². The Hall–Kier alpha value is -0.380. The summed E-state index contributed by atoms with van der Waals surface area (Å²) in [4.78, 5) is 0. The Morgan fingerprint density at radius 3 is 2.53 bits per heavy atom. The predicted octanol–water partition coefficient (Wildman–Crippen LogP) is 3.17. The van der Waals surface area contributed by atoms with Gasteiger partial charge in [0, 0.05) is 17.7 Å². The highest BCUT2D eigenvalue weighted by atomic mass is 79.9. The number of hydrogen-bond acceptors (Lipinski definition) is 2. The van der Waals surface area contributed by atoms with Crippen molar-refractivity contribution in [2.45, 2.75) is 31.8 Å². The smallest absolute Gasteiger partial charge is 0.0583 e. The third kappa shape index (κ3) is 4.41. The quantitative estimate of drug-likeness (QED) is 0.925. The van der Waals surface area contributed by atoms with Crippen LogP contribution in [0.1, 0.15) is 24.8 Å². The van der Waals surface area contributed by atoms with Gasteiger partial charge in [-0.1, -0.05) is 28.1 Å². The number of aliphatic hydroxyl groups is 1. The molecule has 2 nitrogen and oxygen atoms in total. The van der Waals surface area contributed by atoms with Gasteiger partial charge in [-0.2, -0.15) is 0 Å². The zero-order valence-electron chi connectivity index (χ0n) is 9.94. The maximum atomic E-state index is 10.1. The first-order valence-corrected chi connectivity index (χ1v) is 7.03. The Morgan fingerprint density at radius 1 is 1.24 bits per heavy atom. The SMILES string of the molecule is OC(Cc1ccc(Br)cc1)CC1CCOCC1. The van der Waals surface area contributed by atoms with Crippen LogP contribution in [-0.2, 0) is 11.2 Å². The van der Waals surface area contributed by atoms with Gasteiger partial charge in [-0.25, -0.2) is 0 Å². The molecule has 0 saturated carbocycles. The topological polar surface area (TPSA) is 29.5 Å². The second-order valence-corrected chi connectivity index (χ2v) is 5.69. The monoisotopic (exact) mass is 298 g/mol. The van der Waals surface area contributed by atoms with Gasteiger partial charge in [-0.05, 0) is 49.3 Å². The highest BCUT2D eigenvalue weighted by Crippen LogP contribution is 2.22. The van der Waals surface area contributed by atoms with Crippen molar-refractivity contribution in [3.63, 3.8) is 0 Å². The first-order chi connectivity index (χ1) is 8.24. The summed E-state index contributed by atoms with van der Waals surface area (Å²) in [6.45, 7) is 1.71. The molecular weight excluding hydrogens is 280 g/mol. The molecule has 1 N–H and O–H groups in total. The van der Waals surface area contributed by atoms with E-state index in [0.717, 1.165) is 43.4 Å². The van der Waals surface area contributed by atoms with E-state index < -0.39 is 0 Å². The standard InChI is InChI=1S/C14H19BrO2/c15-13-3-1-11(2-4-13)9-14(16)10-12-5-7-17-8-6-12/h1-4,12,14,16H,5-10H2. The molecule has 17 heavy (non-hydrogen) atoms. The molecule has 2 rings (SSSR count). The van der Waals surface area contributed by atoms with Crippen molar-refractivity contribution in [2.24, 2.45) is 5.92 Å². The van der Waals surface area contributed by atoms with Gasteiger partial charge in [0.05, 0.1) is 6.10 Å². The zero-order valence-corrected chi connectivity index (χ0v) is 11.5. The van der Waals surface area contributed by atoms with E-state index in [4.69, 9.17) is 4.74 Å². The van der Waals surface area contributed by atoms with Crippen LogP contribution in [-0.4, -0.2) is 24.4 Å². The zero-order chi connectivity index (χ0) is 12.1. The van der Waals surface area contributed by atoms with E-state index in [1.165, 1.54) is 5.56 Å². The Balaban J connectivity index is 1.79. The fourth-order valence-corrected chi connectivity index (χ4v) is 2.61. The lowest BCUT2D eigenvalue weighted by Gasteiger charge is -2.24. The van der Waals surface area contributed by atoms with Crippen LogP contribution in [0.3, 0.4) is 0 Å². The van der Waals surface area contributed by atoms with E-state index in [2.05, 4.69) is 28.1 Å². The van der Waals surface area contributed by atoms with Gasteiger partial charge in [0.2, 0.25) is 0 Å². The summed E-state index contributed by atoms with van der Waals surface area (Å²) in [7, 11) is 0. The Labute approximate surface area is 111 Å². The van der Waals surface area contributed by atoms with Gasteiger partial charge in [0.15, 0.2) is 0 Å². The van der Waals surface area contributed by atoms with Gasteiger partial charge in [0.25, 0.3) is 0 Å². The van der Waals surface area contributed by atoms with Gasteiger partial charge in [-0.3, -0.25) is 0 Å². The summed E-state index contributed by atoms with van der Waals surface area (Å²) in [5, 5.41) is 10.1. The van der Waals surface area contributed by atoms with Crippen LogP contribution in [0.2, 0.25) is 0 Å². The molecule has 0 aromatic heterocycles. The van der Waals surface area contributed by atoms with Crippen molar-refractivity contribution >= 4 is 15.9 Å². The number of halogens is 1. The summed E-state index contributed by atoms with van der Waals surface area (Å²) in [5.74, 6) is 0.634. The number of benzene rings is 1. The normalized spacial score (nSPS) is 19.2. The van der Waals surface area contributed by atoms with Crippen LogP contribution in [0.5, 0.6) is 0 Å². The summed E-state index contributed by atoms with van der Waals surface area (Å²) < 4.78 is 6.41. The van der Waals surface area contributed by atoms with Crippen LogP contribution in [0.4, 0.5) is 0 Å². The molecule has 1 saturated heterocycles. The highest BCUT2D eigenvalue weighted by molar-refractivity contribution is 9.10. The molecule has 0 radical (unpaired) electrons. The van der Waals surface area contributed by atoms with E-state index in [1.54, 1.807) is 0 Å². The summed E-state index contributed by atoms with van der Waals surface area (Å²) >= 11 is 3.41. The van der Waals surface area contributed by atoms with Crippen molar-refractivity contribution in [1.29, 1.82) is 0 Å².